The molecule has 1 aliphatic heterocycles. The van der Waals surface area contributed by atoms with Gasteiger partial charge in [0.25, 0.3) is 5.91 Å². The Morgan fingerprint density at radius 3 is 2.10 bits per heavy atom. The average molecular weight is 291 g/mol. The summed E-state index contributed by atoms with van der Waals surface area (Å²) in [6.07, 6.45) is -0.448. The van der Waals surface area contributed by atoms with E-state index < -0.39 is 0 Å². The molecule has 1 heterocycles. The predicted octanol–water partition coefficient (Wildman–Crippen LogP) is 1.57. The topological polar surface area (TPSA) is 75.9 Å². The number of anilines is 1. The normalized spacial score (nSPS) is 15.2. The van der Waals surface area contributed by atoms with Crippen LogP contribution in [-0.2, 0) is 4.74 Å². The SMILES string of the molecule is CC(C)OC(=O)N1CCN(C(=O)c2ccc(N)cc2)CC1. The van der Waals surface area contributed by atoms with E-state index >= 15 is 0 Å². The summed E-state index contributed by atoms with van der Waals surface area (Å²) in [6, 6.07) is 6.86. The monoisotopic (exact) mass is 291 g/mol. The minimum atomic E-state index is -0.315. The first kappa shape index (κ1) is 15.2. The molecule has 114 valence electrons. The van der Waals surface area contributed by atoms with Crippen LogP contribution in [0.4, 0.5) is 10.5 Å². The molecule has 0 bridgehead atoms. The molecule has 0 atom stereocenters. The van der Waals surface area contributed by atoms with Crippen molar-refractivity contribution in [2.75, 3.05) is 31.9 Å². The number of piperazine rings is 1. The molecule has 0 aromatic heterocycles. The number of nitrogens with zero attached hydrogens (tertiary/aromatic N) is 2. The van der Waals surface area contributed by atoms with Crippen LogP contribution in [0.2, 0.25) is 0 Å². The molecule has 6 nitrogen and oxygen atoms in total. The number of nitrogen functional groups attached to an aromatic ring is 1. The second kappa shape index (κ2) is 6.47. The first-order chi connectivity index (χ1) is 9.97. The summed E-state index contributed by atoms with van der Waals surface area (Å²) < 4.78 is 5.15. The molecule has 0 spiro atoms. The van der Waals surface area contributed by atoms with E-state index in [2.05, 4.69) is 0 Å². The van der Waals surface area contributed by atoms with Gasteiger partial charge in [-0.05, 0) is 38.1 Å². The molecule has 21 heavy (non-hydrogen) atoms. The van der Waals surface area contributed by atoms with Crippen molar-refractivity contribution < 1.29 is 14.3 Å². The molecule has 0 saturated carbocycles. The predicted molar refractivity (Wildman–Crippen MR) is 79.9 cm³/mol. The maximum atomic E-state index is 12.3. The van der Waals surface area contributed by atoms with Crippen molar-refractivity contribution in [1.29, 1.82) is 0 Å². The van der Waals surface area contributed by atoms with Gasteiger partial charge < -0.3 is 20.3 Å². The van der Waals surface area contributed by atoms with E-state index in [4.69, 9.17) is 10.5 Å². The highest BCUT2D eigenvalue weighted by Gasteiger charge is 2.25. The maximum absolute atomic E-state index is 12.3. The van der Waals surface area contributed by atoms with Crippen molar-refractivity contribution in [3.8, 4) is 0 Å². The van der Waals surface area contributed by atoms with Gasteiger partial charge in [0.05, 0.1) is 6.10 Å². The smallest absolute Gasteiger partial charge is 0.410 e. The third kappa shape index (κ3) is 3.87. The fraction of sp³-hybridized carbons (Fsp3) is 0.467. The fourth-order valence-corrected chi connectivity index (χ4v) is 2.18. The average Bonchev–Trinajstić information content (AvgIpc) is 2.47. The lowest BCUT2D eigenvalue weighted by atomic mass is 10.1. The van der Waals surface area contributed by atoms with Gasteiger partial charge in [-0.25, -0.2) is 4.79 Å². The molecular formula is C15H21N3O3. The van der Waals surface area contributed by atoms with Crippen LogP contribution >= 0.6 is 0 Å². The van der Waals surface area contributed by atoms with Crippen LogP contribution in [0.1, 0.15) is 24.2 Å². The molecule has 2 amide bonds. The Morgan fingerprint density at radius 2 is 1.57 bits per heavy atom. The molecule has 1 fully saturated rings. The van der Waals surface area contributed by atoms with Crippen molar-refractivity contribution in [1.82, 2.24) is 9.80 Å². The third-order valence-electron chi connectivity index (χ3n) is 3.32. The number of rotatable bonds is 2. The Kier molecular flexibility index (Phi) is 4.67. The number of benzene rings is 1. The Bertz CT molecular complexity index is 505. The number of hydrogen-bond donors (Lipinski definition) is 1. The van der Waals surface area contributed by atoms with Crippen LogP contribution < -0.4 is 5.73 Å². The highest BCUT2D eigenvalue weighted by atomic mass is 16.6. The number of ether oxygens (including phenoxy) is 1. The van der Waals surface area contributed by atoms with Crippen LogP contribution in [-0.4, -0.2) is 54.1 Å². The summed E-state index contributed by atoms with van der Waals surface area (Å²) in [5.74, 6) is -0.0353. The molecule has 0 radical (unpaired) electrons. The van der Waals surface area contributed by atoms with Crippen molar-refractivity contribution in [2.45, 2.75) is 20.0 Å². The van der Waals surface area contributed by atoms with Gasteiger partial charge >= 0.3 is 6.09 Å². The third-order valence-corrected chi connectivity index (χ3v) is 3.32. The second-order valence-electron chi connectivity index (χ2n) is 5.33. The highest BCUT2D eigenvalue weighted by molar-refractivity contribution is 5.94. The number of carbonyl (C=O) groups is 2. The lowest BCUT2D eigenvalue weighted by Crippen LogP contribution is -2.51. The largest absolute Gasteiger partial charge is 0.447 e. The summed E-state index contributed by atoms with van der Waals surface area (Å²) in [6.45, 7) is 5.64. The van der Waals surface area contributed by atoms with Gasteiger partial charge in [-0.2, -0.15) is 0 Å². The summed E-state index contributed by atoms with van der Waals surface area (Å²) in [7, 11) is 0. The summed E-state index contributed by atoms with van der Waals surface area (Å²) in [5, 5.41) is 0. The molecule has 6 heteroatoms. The van der Waals surface area contributed by atoms with E-state index in [-0.39, 0.29) is 18.1 Å². The number of nitrogens with two attached hydrogens (primary N) is 1. The zero-order valence-corrected chi connectivity index (χ0v) is 12.4. The van der Waals surface area contributed by atoms with E-state index in [1.165, 1.54) is 0 Å². The van der Waals surface area contributed by atoms with Gasteiger partial charge in [-0.3, -0.25) is 4.79 Å². The Hall–Kier alpha value is -2.24. The van der Waals surface area contributed by atoms with Gasteiger partial charge in [-0.15, -0.1) is 0 Å². The molecular weight excluding hydrogens is 270 g/mol. The minimum Gasteiger partial charge on any atom is -0.447 e. The summed E-state index contributed by atoms with van der Waals surface area (Å²) in [5.41, 5.74) is 6.86. The molecule has 2 rings (SSSR count). The van der Waals surface area contributed by atoms with Crippen LogP contribution in [0.3, 0.4) is 0 Å². The second-order valence-corrected chi connectivity index (χ2v) is 5.33. The van der Waals surface area contributed by atoms with E-state index in [0.717, 1.165) is 0 Å². The number of hydrogen-bond acceptors (Lipinski definition) is 4. The van der Waals surface area contributed by atoms with Crippen LogP contribution in [0, 0.1) is 0 Å². The molecule has 1 saturated heterocycles. The van der Waals surface area contributed by atoms with Crippen LogP contribution in [0.15, 0.2) is 24.3 Å². The number of carbonyl (C=O) groups excluding carboxylic acids is 2. The van der Waals surface area contributed by atoms with Crippen molar-refractivity contribution in [2.24, 2.45) is 0 Å². The molecule has 0 unspecified atom stereocenters. The standard InChI is InChI=1S/C15H21N3O3/c1-11(2)21-15(20)18-9-7-17(8-10-18)14(19)12-3-5-13(16)6-4-12/h3-6,11H,7-10,16H2,1-2H3. The quantitative estimate of drug-likeness (QED) is 0.839. The first-order valence-electron chi connectivity index (χ1n) is 7.07. The maximum Gasteiger partial charge on any atom is 0.410 e. The van der Waals surface area contributed by atoms with Crippen molar-refractivity contribution >= 4 is 17.7 Å². The zero-order valence-electron chi connectivity index (χ0n) is 12.4. The van der Waals surface area contributed by atoms with E-state index in [1.54, 1.807) is 34.1 Å². The van der Waals surface area contributed by atoms with Crippen LogP contribution in [0.25, 0.3) is 0 Å². The molecule has 1 aromatic rings. The molecule has 1 aromatic carbocycles. The van der Waals surface area contributed by atoms with Gasteiger partial charge in [0.1, 0.15) is 0 Å². The fourth-order valence-electron chi connectivity index (χ4n) is 2.18. The number of amides is 2. The highest BCUT2D eigenvalue weighted by Crippen LogP contribution is 2.12. The van der Waals surface area contributed by atoms with E-state index in [9.17, 15) is 9.59 Å². The van der Waals surface area contributed by atoms with Gasteiger partial charge in [0.15, 0.2) is 0 Å². The lowest BCUT2D eigenvalue weighted by molar-refractivity contribution is 0.0476. The Labute approximate surface area is 124 Å². The zero-order chi connectivity index (χ0) is 15.4. The van der Waals surface area contributed by atoms with Crippen molar-refractivity contribution in [3.05, 3.63) is 29.8 Å². The summed E-state index contributed by atoms with van der Waals surface area (Å²) in [4.78, 5) is 27.5. The Balaban J connectivity index is 1.90. The molecule has 0 aliphatic carbocycles. The van der Waals surface area contributed by atoms with E-state index in [0.29, 0.717) is 37.4 Å². The van der Waals surface area contributed by atoms with Crippen molar-refractivity contribution in [3.63, 3.8) is 0 Å². The van der Waals surface area contributed by atoms with Gasteiger partial charge in [0, 0.05) is 37.4 Å². The van der Waals surface area contributed by atoms with Gasteiger partial charge in [-0.1, -0.05) is 0 Å². The Morgan fingerprint density at radius 1 is 1.05 bits per heavy atom. The van der Waals surface area contributed by atoms with Crippen LogP contribution in [0.5, 0.6) is 0 Å². The van der Waals surface area contributed by atoms with Gasteiger partial charge in [0.2, 0.25) is 0 Å². The molecule has 1 aliphatic rings. The first-order valence-corrected chi connectivity index (χ1v) is 7.07. The van der Waals surface area contributed by atoms with E-state index in [1.807, 2.05) is 13.8 Å². The lowest BCUT2D eigenvalue weighted by Gasteiger charge is -2.34. The minimum absolute atomic E-state index is 0.0353. The summed E-state index contributed by atoms with van der Waals surface area (Å²) >= 11 is 0. The molecule has 2 N–H and O–H groups in total.